The SMILES string of the molecule is Cc1cc(-c2nc(C)c(CC#N)s2)ccc1F. The first-order valence-electron chi connectivity index (χ1n) is 5.21. The molecule has 0 unspecified atom stereocenters. The number of thiazole rings is 1. The predicted molar refractivity (Wildman–Crippen MR) is 66.3 cm³/mol. The molecule has 0 amide bonds. The fraction of sp³-hybridized carbons (Fsp3) is 0.231. The largest absolute Gasteiger partial charge is 0.241 e. The van der Waals surface area contributed by atoms with Crippen LogP contribution in [-0.4, -0.2) is 4.98 Å². The van der Waals surface area contributed by atoms with Gasteiger partial charge in [0.15, 0.2) is 0 Å². The molecule has 0 aliphatic rings. The number of hydrogen-bond donors (Lipinski definition) is 0. The molecule has 0 spiro atoms. The number of halogens is 1. The van der Waals surface area contributed by atoms with E-state index in [-0.39, 0.29) is 5.82 Å². The summed E-state index contributed by atoms with van der Waals surface area (Å²) in [5.74, 6) is -0.209. The van der Waals surface area contributed by atoms with Crippen LogP contribution < -0.4 is 0 Å². The van der Waals surface area contributed by atoms with E-state index in [1.807, 2.05) is 6.92 Å². The summed E-state index contributed by atoms with van der Waals surface area (Å²) in [7, 11) is 0. The fourth-order valence-electron chi connectivity index (χ4n) is 1.57. The van der Waals surface area contributed by atoms with E-state index >= 15 is 0 Å². The topological polar surface area (TPSA) is 36.7 Å². The highest BCUT2D eigenvalue weighted by Gasteiger charge is 2.10. The van der Waals surface area contributed by atoms with Gasteiger partial charge in [0.25, 0.3) is 0 Å². The highest BCUT2D eigenvalue weighted by Crippen LogP contribution is 2.29. The van der Waals surface area contributed by atoms with E-state index in [9.17, 15) is 4.39 Å². The van der Waals surface area contributed by atoms with E-state index in [1.165, 1.54) is 17.4 Å². The lowest BCUT2D eigenvalue weighted by molar-refractivity contribution is 0.619. The van der Waals surface area contributed by atoms with Crippen molar-refractivity contribution in [3.8, 4) is 16.6 Å². The summed E-state index contributed by atoms with van der Waals surface area (Å²) >= 11 is 1.50. The molecule has 2 nitrogen and oxygen atoms in total. The third-order valence-corrected chi connectivity index (χ3v) is 3.74. The minimum absolute atomic E-state index is 0.209. The van der Waals surface area contributed by atoms with Crippen molar-refractivity contribution in [3.05, 3.63) is 40.2 Å². The lowest BCUT2D eigenvalue weighted by atomic mass is 10.1. The lowest BCUT2D eigenvalue weighted by Crippen LogP contribution is -1.84. The Bertz CT molecular complexity index is 596. The molecule has 0 bridgehead atoms. The standard InChI is InChI=1S/C13H11FN2S/c1-8-7-10(3-4-11(8)14)13-16-9(2)12(17-13)5-6-15/h3-4,7H,5H2,1-2H3. The Kier molecular flexibility index (Phi) is 3.21. The van der Waals surface area contributed by atoms with E-state index in [0.717, 1.165) is 21.1 Å². The molecule has 0 aliphatic carbocycles. The van der Waals surface area contributed by atoms with Gasteiger partial charge in [-0.3, -0.25) is 0 Å². The van der Waals surface area contributed by atoms with E-state index in [4.69, 9.17) is 5.26 Å². The van der Waals surface area contributed by atoms with Gasteiger partial charge in [-0.2, -0.15) is 5.26 Å². The van der Waals surface area contributed by atoms with Gasteiger partial charge in [0, 0.05) is 10.4 Å². The lowest BCUT2D eigenvalue weighted by Gasteiger charge is -1.99. The predicted octanol–water partition coefficient (Wildman–Crippen LogP) is 3.63. The van der Waals surface area contributed by atoms with E-state index in [0.29, 0.717) is 12.0 Å². The number of nitriles is 1. The van der Waals surface area contributed by atoms with Crippen LogP contribution in [0.25, 0.3) is 10.6 Å². The van der Waals surface area contributed by atoms with Crippen LogP contribution in [-0.2, 0) is 6.42 Å². The zero-order chi connectivity index (χ0) is 12.4. The second kappa shape index (κ2) is 4.64. The third kappa shape index (κ3) is 2.34. The second-order valence-corrected chi connectivity index (χ2v) is 4.91. The van der Waals surface area contributed by atoms with Gasteiger partial charge in [-0.1, -0.05) is 0 Å². The van der Waals surface area contributed by atoms with Crippen LogP contribution in [0.4, 0.5) is 4.39 Å². The molecule has 1 aromatic heterocycles. The highest BCUT2D eigenvalue weighted by molar-refractivity contribution is 7.15. The molecule has 0 atom stereocenters. The number of aromatic nitrogens is 1. The van der Waals surface area contributed by atoms with Crippen molar-refractivity contribution in [2.75, 3.05) is 0 Å². The van der Waals surface area contributed by atoms with Crippen LogP contribution >= 0.6 is 11.3 Å². The summed E-state index contributed by atoms with van der Waals surface area (Å²) in [5.41, 5.74) is 2.40. The Morgan fingerprint density at radius 3 is 2.82 bits per heavy atom. The first kappa shape index (κ1) is 11.7. The number of hydrogen-bond acceptors (Lipinski definition) is 3. The van der Waals surface area contributed by atoms with Crippen molar-refractivity contribution < 1.29 is 4.39 Å². The van der Waals surface area contributed by atoms with Gasteiger partial charge in [-0.05, 0) is 37.6 Å². The summed E-state index contributed by atoms with van der Waals surface area (Å²) in [4.78, 5) is 5.39. The molecule has 0 saturated carbocycles. The normalized spacial score (nSPS) is 10.2. The van der Waals surface area contributed by atoms with Gasteiger partial charge in [-0.25, -0.2) is 9.37 Å². The molecule has 0 fully saturated rings. The Hall–Kier alpha value is -1.73. The monoisotopic (exact) mass is 246 g/mol. The van der Waals surface area contributed by atoms with Crippen LogP contribution in [0.2, 0.25) is 0 Å². The van der Waals surface area contributed by atoms with E-state index < -0.39 is 0 Å². The van der Waals surface area contributed by atoms with Crippen LogP contribution in [0.15, 0.2) is 18.2 Å². The minimum atomic E-state index is -0.209. The van der Waals surface area contributed by atoms with Crippen molar-refractivity contribution in [1.82, 2.24) is 4.98 Å². The average Bonchev–Trinajstić information content (AvgIpc) is 2.65. The molecule has 86 valence electrons. The van der Waals surface area contributed by atoms with Crippen LogP contribution in [0, 0.1) is 31.0 Å². The first-order valence-corrected chi connectivity index (χ1v) is 6.03. The Balaban J connectivity index is 2.43. The van der Waals surface area contributed by atoms with Crippen LogP contribution in [0.5, 0.6) is 0 Å². The summed E-state index contributed by atoms with van der Waals surface area (Å²) in [6.07, 6.45) is 0.379. The van der Waals surface area contributed by atoms with Gasteiger partial charge in [-0.15, -0.1) is 11.3 Å². The zero-order valence-electron chi connectivity index (χ0n) is 9.62. The van der Waals surface area contributed by atoms with Crippen molar-refractivity contribution in [3.63, 3.8) is 0 Å². The van der Waals surface area contributed by atoms with E-state index in [2.05, 4.69) is 11.1 Å². The molecule has 1 aromatic carbocycles. The third-order valence-electron chi connectivity index (χ3n) is 2.54. The first-order chi connectivity index (χ1) is 8.11. The molecule has 0 saturated heterocycles. The molecule has 0 radical (unpaired) electrons. The Labute approximate surface area is 103 Å². The van der Waals surface area contributed by atoms with Crippen molar-refractivity contribution in [2.45, 2.75) is 20.3 Å². The smallest absolute Gasteiger partial charge is 0.126 e. The van der Waals surface area contributed by atoms with Gasteiger partial charge in [0.05, 0.1) is 18.2 Å². The molecule has 17 heavy (non-hydrogen) atoms. The number of rotatable bonds is 2. The minimum Gasteiger partial charge on any atom is -0.241 e. The second-order valence-electron chi connectivity index (χ2n) is 3.83. The molecule has 0 aliphatic heterocycles. The average molecular weight is 246 g/mol. The maximum Gasteiger partial charge on any atom is 0.126 e. The molecule has 2 rings (SSSR count). The summed E-state index contributed by atoms with van der Waals surface area (Å²) in [6, 6.07) is 7.07. The molecule has 2 aromatic rings. The molecular formula is C13H11FN2S. The molecular weight excluding hydrogens is 235 g/mol. The van der Waals surface area contributed by atoms with Gasteiger partial charge in [0.2, 0.25) is 0 Å². The number of aryl methyl sites for hydroxylation is 2. The van der Waals surface area contributed by atoms with Crippen molar-refractivity contribution >= 4 is 11.3 Å². The summed E-state index contributed by atoms with van der Waals surface area (Å²) in [5, 5.41) is 9.53. The zero-order valence-corrected chi connectivity index (χ0v) is 10.4. The Morgan fingerprint density at radius 1 is 1.41 bits per heavy atom. The van der Waals surface area contributed by atoms with Crippen molar-refractivity contribution in [2.24, 2.45) is 0 Å². The molecule has 4 heteroatoms. The van der Waals surface area contributed by atoms with Crippen molar-refractivity contribution in [1.29, 1.82) is 5.26 Å². The quantitative estimate of drug-likeness (QED) is 0.811. The molecule has 0 N–H and O–H groups in total. The maximum atomic E-state index is 13.2. The molecule has 1 heterocycles. The number of benzene rings is 1. The maximum absolute atomic E-state index is 13.2. The van der Waals surface area contributed by atoms with Gasteiger partial charge < -0.3 is 0 Å². The van der Waals surface area contributed by atoms with E-state index in [1.54, 1.807) is 19.1 Å². The van der Waals surface area contributed by atoms with Gasteiger partial charge >= 0.3 is 0 Å². The summed E-state index contributed by atoms with van der Waals surface area (Å²) in [6.45, 7) is 3.62. The summed E-state index contributed by atoms with van der Waals surface area (Å²) < 4.78 is 13.2. The highest BCUT2D eigenvalue weighted by atomic mass is 32.1. The number of nitrogens with zero attached hydrogens (tertiary/aromatic N) is 2. The fourth-order valence-corrected chi connectivity index (χ4v) is 2.56. The van der Waals surface area contributed by atoms with Gasteiger partial charge in [0.1, 0.15) is 10.8 Å². The van der Waals surface area contributed by atoms with Crippen LogP contribution in [0.1, 0.15) is 16.1 Å². The van der Waals surface area contributed by atoms with Crippen LogP contribution in [0.3, 0.4) is 0 Å². The Morgan fingerprint density at radius 2 is 2.18 bits per heavy atom.